The van der Waals surface area contributed by atoms with E-state index in [1.165, 1.54) is 5.56 Å². The van der Waals surface area contributed by atoms with Gasteiger partial charge in [0.05, 0.1) is 12.3 Å². The van der Waals surface area contributed by atoms with Crippen molar-refractivity contribution in [1.29, 1.82) is 0 Å². The first kappa shape index (κ1) is 15.2. The van der Waals surface area contributed by atoms with Crippen molar-refractivity contribution >= 4 is 11.5 Å². The third-order valence-electron chi connectivity index (χ3n) is 3.01. The summed E-state index contributed by atoms with van der Waals surface area (Å²) in [5, 5.41) is 3.30. The molecule has 1 aromatic carbocycles. The molecule has 0 spiro atoms. The molecule has 0 radical (unpaired) electrons. The molecule has 4 heteroatoms. The van der Waals surface area contributed by atoms with Gasteiger partial charge in [-0.3, -0.25) is 0 Å². The number of nitrogen functional groups attached to an aromatic ring is 1. The van der Waals surface area contributed by atoms with Crippen LogP contribution in [0.1, 0.15) is 19.4 Å². The molecule has 0 amide bonds. The molecule has 4 nitrogen and oxygen atoms in total. The lowest BCUT2D eigenvalue weighted by Crippen LogP contribution is -2.10. The van der Waals surface area contributed by atoms with Crippen LogP contribution >= 0.6 is 0 Å². The fraction of sp³-hybridized carbons (Fsp3) is 0.353. The van der Waals surface area contributed by atoms with Crippen LogP contribution in [0.25, 0.3) is 0 Å². The summed E-state index contributed by atoms with van der Waals surface area (Å²) in [7, 11) is 0. The topological polar surface area (TPSA) is 60.2 Å². The number of nitrogens with two attached hydrogens (primary N) is 1. The fourth-order valence-corrected chi connectivity index (χ4v) is 1.89. The zero-order chi connectivity index (χ0) is 15.1. The molecule has 0 aliphatic carbocycles. The zero-order valence-electron chi connectivity index (χ0n) is 12.7. The van der Waals surface area contributed by atoms with Gasteiger partial charge in [0.25, 0.3) is 0 Å². The molecule has 0 atom stereocenters. The molecule has 2 aromatic rings. The van der Waals surface area contributed by atoms with Crippen LogP contribution in [0, 0.1) is 5.92 Å². The quantitative estimate of drug-likeness (QED) is 0.819. The molecule has 112 valence electrons. The van der Waals surface area contributed by atoms with Crippen molar-refractivity contribution in [2.75, 3.05) is 24.2 Å². The van der Waals surface area contributed by atoms with Crippen LogP contribution < -0.4 is 15.8 Å². The molecule has 0 bridgehead atoms. The molecular weight excluding hydrogens is 262 g/mol. The van der Waals surface area contributed by atoms with Crippen molar-refractivity contribution in [1.82, 2.24) is 4.98 Å². The Balaban J connectivity index is 1.89. The summed E-state index contributed by atoms with van der Waals surface area (Å²) < 4.78 is 5.63. The maximum absolute atomic E-state index is 5.88. The highest BCUT2D eigenvalue weighted by Crippen LogP contribution is 2.21. The molecule has 0 saturated heterocycles. The number of aromatic nitrogens is 1. The Labute approximate surface area is 126 Å². The summed E-state index contributed by atoms with van der Waals surface area (Å²) in [6, 6.07) is 14.1. The van der Waals surface area contributed by atoms with Crippen LogP contribution in [0.2, 0.25) is 0 Å². The number of anilines is 2. The predicted molar refractivity (Wildman–Crippen MR) is 87.6 cm³/mol. The minimum atomic E-state index is 0.445. The highest BCUT2D eigenvalue weighted by molar-refractivity contribution is 5.53. The third kappa shape index (κ3) is 4.99. The van der Waals surface area contributed by atoms with Crippen molar-refractivity contribution in [2.24, 2.45) is 5.92 Å². The molecule has 0 saturated carbocycles. The van der Waals surface area contributed by atoms with Crippen LogP contribution in [0.15, 0.2) is 42.5 Å². The number of nitrogens with zero attached hydrogens (tertiary/aromatic N) is 1. The fourth-order valence-electron chi connectivity index (χ4n) is 1.89. The van der Waals surface area contributed by atoms with E-state index in [2.05, 4.69) is 48.4 Å². The Kier molecular flexibility index (Phi) is 5.43. The number of ether oxygens (including phenoxy) is 1. The van der Waals surface area contributed by atoms with Gasteiger partial charge in [-0.25, -0.2) is 0 Å². The first-order valence-corrected chi connectivity index (χ1v) is 7.32. The second-order valence-electron chi connectivity index (χ2n) is 5.46. The molecule has 0 aliphatic rings. The monoisotopic (exact) mass is 285 g/mol. The van der Waals surface area contributed by atoms with Gasteiger partial charge >= 0.3 is 0 Å². The van der Waals surface area contributed by atoms with Crippen LogP contribution in [0.4, 0.5) is 11.5 Å². The first-order chi connectivity index (χ1) is 10.1. The molecule has 3 N–H and O–H groups in total. The molecule has 0 unspecified atom stereocenters. The number of hydrogen-bond acceptors (Lipinski definition) is 4. The molecule has 2 rings (SSSR count). The van der Waals surface area contributed by atoms with Crippen molar-refractivity contribution in [3.8, 4) is 5.88 Å². The van der Waals surface area contributed by atoms with Gasteiger partial charge in [-0.2, -0.15) is 4.98 Å². The van der Waals surface area contributed by atoms with Crippen molar-refractivity contribution < 1.29 is 4.74 Å². The highest BCUT2D eigenvalue weighted by Gasteiger charge is 2.05. The Morgan fingerprint density at radius 1 is 1.14 bits per heavy atom. The number of benzene rings is 1. The second-order valence-corrected chi connectivity index (χ2v) is 5.46. The third-order valence-corrected chi connectivity index (χ3v) is 3.01. The summed E-state index contributed by atoms with van der Waals surface area (Å²) in [6.45, 7) is 5.63. The van der Waals surface area contributed by atoms with Gasteiger partial charge in [0.2, 0.25) is 5.88 Å². The second kappa shape index (κ2) is 7.53. The lowest BCUT2D eigenvalue weighted by atomic mass is 10.1. The van der Waals surface area contributed by atoms with Gasteiger partial charge in [-0.15, -0.1) is 0 Å². The largest absolute Gasteiger partial charge is 0.476 e. The van der Waals surface area contributed by atoms with E-state index in [1.54, 1.807) is 0 Å². The van der Waals surface area contributed by atoms with Gasteiger partial charge in [0.1, 0.15) is 5.82 Å². The van der Waals surface area contributed by atoms with Gasteiger partial charge < -0.3 is 15.8 Å². The predicted octanol–water partition coefficient (Wildman–Crippen LogP) is 3.35. The van der Waals surface area contributed by atoms with Crippen LogP contribution in [0.5, 0.6) is 5.88 Å². The summed E-state index contributed by atoms with van der Waals surface area (Å²) >= 11 is 0. The van der Waals surface area contributed by atoms with Gasteiger partial charge in [0.15, 0.2) is 0 Å². The summed E-state index contributed by atoms with van der Waals surface area (Å²) in [4.78, 5) is 4.42. The summed E-state index contributed by atoms with van der Waals surface area (Å²) in [6.07, 6.45) is 0.953. The summed E-state index contributed by atoms with van der Waals surface area (Å²) in [5.41, 5.74) is 7.76. The highest BCUT2D eigenvalue weighted by atomic mass is 16.5. The molecule has 21 heavy (non-hydrogen) atoms. The Bertz CT molecular complexity index is 555. The summed E-state index contributed by atoms with van der Waals surface area (Å²) in [5.74, 6) is 1.74. The molecule has 1 heterocycles. The minimum absolute atomic E-state index is 0.445. The molecule has 1 aromatic heterocycles. The van der Waals surface area contributed by atoms with E-state index in [0.29, 0.717) is 24.1 Å². The normalized spacial score (nSPS) is 10.6. The van der Waals surface area contributed by atoms with Gasteiger partial charge in [-0.1, -0.05) is 44.2 Å². The van der Waals surface area contributed by atoms with Crippen molar-refractivity contribution in [3.63, 3.8) is 0 Å². The van der Waals surface area contributed by atoms with Gasteiger partial charge in [0, 0.05) is 6.54 Å². The molecular formula is C17H23N3O. The maximum atomic E-state index is 5.88. The Morgan fingerprint density at radius 3 is 2.62 bits per heavy atom. The van der Waals surface area contributed by atoms with Crippen molar-refractivity contribution in [2.45, 2.75) is 20.3 Å². The van der Waals surface area contributed by atoms with E-state index in [-0.39, 0.29) is 0 Å². The lowest BCUT2D eigenvalue weighted by molar-refractivity contribution is 0.263. The van der Waals surface area contributed by atoms with Crippen LogP contribution in [-0.4, -0.2) is 18.1 Å². The van der Waals surface area contributed by atoms with Crippen LogP contribution in [-0.2, 0) is 6.42 Å². The van der Waals surface area contributed by atoms with Crippen molar-refractivity contribution in [3.05, 3.63) is 48.0 Å². The average molecular weight is 285 g/mol. The molecule has 0 fully saturated rings. The number of pyridine rings is 1. The lowest BCUT2D eigenvalue weighted by Gasteiger charge is -2.12. The van der Waals surface area contributed by atoms with E-state index >= 15 is 0 Å². The smallest absolute Gasteiger partial charge is 0.239 e. The zero-order valence-corrected chi connectivity index (χ0v) is 12.7. The SMILES string of the molecule is CC(C)COc1nc(NCCc2ccccc2)ccc1N. The average Bonchev–Trinajstić information content (AvgIpc) is 2.48. The Morgan fingerprint density at radius 2 is 1.90 bits per heavy atom. The Hall–Kier alpha value is -2.23. The van der Waals surface area contributed by atoms with Crippen LogP contribution in [0.3, 0.4) is 0 Å². The van der Waals surface area contributed by atoms with E-state index in [9.17, 15) is 0 Å². The molecule has 0 aliphatic heterocycles. The van der Waals surface area contributed by atoms with Gasteiger partial charge in [-0.05, 0) is 30.0 Å². The standard InChI is InChI=1S/C17H23N3O/c1-13(2)12-21-17-15(18)8-9-16(20-17)19-11-10-14-6-4-3-5-7-14/h3-9,13H,10-12,18H2,1-2H3,(H,19,20). The minimum Gasteiger partial charge on any atom is -0.476 e. The maximum Gasteiger partial charge on any atom is 0.239 e. The number of hydrogen-bond donors (Lipinski definition) is 2. The first-order valence-electron chi connectivity index (χ1n) is 7.32. The number of rotatable bonds is 7. The van der Waals surface area contributed by atoms with E-state index in [4.69, 9.17) is 10.5 Å². The number of nitrogens with one attached hydrogen (secondary N) is 1. The van der Waals surface area contributed by atoms with E-state index in [1.807, 2.05) is 18.2 Å². The van der Waals surface area contributed by atoms with E-state index < -0.39 is 0 Å². The van der Waals surface area contributed by atoms with E-state index in [0.717, 1.165) is 18.8 Å².